The predicted octanol–water partition coefficient (Wildman–Crippen LogP) is -1.99. The van der Waals surface area contributed by atoms with E-state index in [0.717, 1.165) is 19.6 Å². The first-order chi connectivity index (χ1) is 8.13. The SMILES string of the molecule is NCCN(CCN)CCN.O=C1CCC(=O)O1. The Balaban J connectivity index is 0.000000318. The van der Waals surface area contributed by atoms with Gasteiger partial charge in [-0.2, -0.15) is 0 Å². The average Bonchev–Trinajstić information content (AvgIpc) is 2.65. The van der Waals surface area contributed by atoms with Crippen LogP contribution in [0.5, 0.6) is 0 Å². The largest absolute Gasteiger partial charge is 0.393 e. The van der Waals surface area contributed by atoms with Gasteiger partial charge in [0.25, 0.3) is 0 Å². The Morgan fingerprint density at radius 3 is 1.41 bits per heavy atom. The minimum Gasteiger partial charge on any atom is -0.393 e. The molecule has 6 N–H and O–H groups in total. The lowest BCUT2D eigenvalue weighted by molar-refractivity contribution is -0.151. The molecule has 1 aliphatic rings. The second kappa shape index (κ2) is 10.2. The highest BCUT2D eigenvalue weighted by molar-refractivity contribution is 5.92. The van der Waals surface area contributed by atoms with Crippen molar-refractivity contribution in [1.29, 1.82) is 0 Å². The van der Waals surface area contributed by atoms with E-state index in [9.17, 15) is 9.59 Å². The zero-order valence-electron chi connectivity index (χ0n) is 10.1. The zero-order valence-corrected chi connectivity index (χ0v) is 10.1. The number of cyclic esters (lactones) is 2. The van der Waals surface area contributed by atoms with Crippen molar-refractivity contribution in [2.75, 3.05) is 39.3 Å². The fraction of sp³-hybridized carbons (Fsp3) is 0.800. The summed E-state index contributed by atoms with van der Waals surface area (Å²) >= 11 is 0. The van der Waals surface area contributed by atoms with Crippen molar-refractivity contribution < 1.29 is 14.3 Å². The Kier molecular flexibility index (Phi) is 9.55. The third-order valence-corrected chi connectivity index (χ3v) is 2.10. The van der Waals surface area contributed by atoms with E-state index in [1.807, 2.05) is 0 Å². The van der Waals surface area contributed by atoms with Gasteiger partial charge in [0.15, 0.2) is 0 Å². The molecule has 1 heterocycles. The van der Waals surface area contributed by atoms with Crippen molar-refractivity contribution >= 4 is 11.9 Å². The van der Waals surface area contributed by atoms with E-state index in [-0.39, 0.29) is 12.8 Å². The second-order valence-corrected chi connectivity index (χ2v) is 3.55. The van der Waals surface area contributed by atoms with Crippen LogP contribution in [0.2, 0.25) is 0 Å². The average molecular weight is 246 g/mol. The fourth-order valence-corrected chi connectivity index (χ4v) is 1.32. The smallest absolute Gasteiger partial charge is 0.314 e. The summed E-state index contributed by atoms with van der Waals surface area (Å²) in [6.07, 6.45) is 0.525. The van der Waals surface area contributed by atoms with Gasteiger partial charge in [-0.1, -0.05) is 0 Å². The first-order valence-corrected chi connectivity index (χ1v) is 5.70. The van der Waals surface area contributed by atoms with Crippen LogP contribution in [0.15, 0.2) is 0 Å². The molecule has 0 aromatic rings. The van der Waals surface area contributed by atoms with E-state index in [0.29, 0.717) is 19.6 Å². The minimum absolute atomic E-state index is 0.263. The molecular weight excluding hydrogens is 224 g/mol. The molecule has 0 aromatic carbocycles. The number of ether oxygens (including phenoxy) is 1. The summed E-state index contributed by atoms with van der Waals surface area (Å²) in [6.45, 7) is 4.73. The molecule has 0 atom stereocenters. The first kappa shape index (κ1) is 16.0. The van der Waals surface area contributed by atoms with E-state index in [1.165, 1.54) is 0 Å². The molecule has 1 aliphatic heterocycles. The Hall–Kier alpha value is -1.02. The van der Waals surface area contributed by atoms with Crippen molar-refractivity contribution in [2.45, 2.75) is 12.8 Å². The van der Waals surface area contributed by atoms with Crippen molar-refractivity contribution in [3.8, 4) is 0 Å². The lowest BCUT2D eigenvalue weighted by Gasteiger charge is -2.18. The molecule has 0 saturated carbocycles. The number of hydrogen-bond donors (Lipinski definition) is 3. The molecular formula is C10H22N4O3. The maximum absolute atomic E-state index is 10.0. The minimum atomic E-state index is -0.398. The zero-order chi connectivity index (χ0) is 13.1. The van der Waals surface area contributed by atoms with E-state index in [1.54, 1.807) is 0 Å². The van der Waals surface area contributed by atoms with Gasteiger partial charge in [0.1, 0.15) is 0 Å². The van der Waals surface area contributed by atoms with Gasteiger partial charge in [-0.05, 0) is 0 Å². The Morgan fingerprint density at radius 2 is 1.24 bits per heavy atom. The normalized spacial score (nSPS) is 14.6. The number of carbonyl (C=O) groups is 2. The number of nitrogens with zero attached hydrogens (tertiary/aromatic N) is 1. The van der Waals surface area contributed by atoms with Gasteiger partial charge >= 0.3 is 11.9 Å². The molecule has 7 heteroatoms. The summed E-state index contributed by atoms with van der Waals surface area (Å²) in [5.74, 6) is -0.796. The number of nitrogens with two attached hydrogens (primary N) is 3. The third kappa shape index (κ3) is 8.75. The molecule has 17 heavy (non-hydrogen) atoms. The standard InChI is InChI=1S/C6H18N4.C4H4O3/c7-1-4-10(5-2-8)6-3-9;5-3-1-2-4(6)7-3/h1-9H2;1-2H2. The molecule has 0 amide bonds. The van der Waals surface area contributed by atoms with Crippen LogP contribution < -0.4 is 17.2 Å². The van der Waals surface area contributed by atoms with Gasteiger partial charge in [-0.25, -0.2) is 0 Å². The predicted molar refractivity (Wildman–Crippen MR) is 63.9 cm³/mol. The first-order valence-electron chi connectivity index (χ1n) is 5.70. The van der Waals surface area contributed by atoms with E-state index in [2.05, 4.69) is 9.64 Å². The molecule has 0 unspecified atom stereocenters. The van der Waals surface area contributed by atoms with Gasteiger partial charge in [0.05, 0.1) is 12.8 Å². The number of hydrogen-bond acceptors (Lipinski definition) is 7. The molecule has 0 bridgehead atoms. The van der Waals surface area contributed by atoms with Gasteiger partial charge in [0.2, 0.25) is 0 Å². The van der Waals surface area contributed by atoms with Crippen molar-refractivity contribution in [3.05, 3.63) is 0 Å². The summed E-state index contributed by atoms with van der Waals surface area (Å²) in [5.41, 5.74) is 16.1. The topological polar surface area (TPSA) is 125 Å². The number of rotatable bonds is 6. The Bertz CT molecular complexity index is 207. The summed E-state index contributed by atoms with van der Waals surface area (Å²) in [5, 5.41) is 0. The Morgan fingerprint density at radius 1 is 0.882 bits per heavy atom. The molecule has 0 spiro atoms. The summed E-state index contributed by atoms with van der Waals surface area (Å²) < 4.78 is 4.08. The van der Waals surface area contributed by atoms with Crippen molar-refractivity contribution in [3.63, 3.8) is 0 Å². The van der Waals surface area contributed by atoms with E-state index in [4.69, 9.17) is 17.2 Å². The molecule has 0 aliphatic carbocycles. The molecule has 1 saturated heterocycles. The van der Waals surface area contributed by atoms with Crippen LogP contribution in [0.3, 0.4) is 0 Å². The molecule has 1 rings (SSSR count). The summed E-state index contributed by atoms with van der Waals surface area (Å²) in [7, 11) is 0. The molecule has 0 radical (unpaired) electrons. The number of esters is 2. The van der Waals surface area contributed by atoms with Crippen molar-refractivity contribution in [2.24, 2.45) is 17.2 Å². The van der Waals surface area contributed by atoms with E-state index < -0.39 is 11.9 Å². The lowest BCUT2D eigenvalue weighted by atomic mass is 10.4. The van der Waals surface area contributed by atoms with Crippen LogP contribution in [0.25, 0.3) is 0 Å². The molecule has 7 nitrogen and oxygen atoms in total. The Labute approximate surface area is 101 Å². The second-order valence-electron chi connectivity index (χ2n) is 3.55. The third-order valence-electron chi connectivity index (χ3n) is 2.10. The van der Waals surface area contributed by atoms with Gasteiger partial charge in [-0.15, -0.1) is 0 Å². The highest BCUT2D eigenvalue weighted by Gasteiger charge is 2.19. The summed E-state index contributed by atoms with van der Waals surface area (Å²) in [4.78, 5) is 22.2. The lowest BCUT2D eigenvalue weighted by Crippen LogP contribution is -2.37. The van der Waals surface area contributed by atoms with Crippen LogP contribution >= 0.6 is 0 Å². The monoisotopic (exact) mass is 246 g/mol. The van der Waals surface area contributed by atoms with Gasteiger partial charge < -0.3 is 21.9 Å². The fourth-order valence-electron chi connectivity index (χ4n) is 1.32. The van der Waals surface area contributed by atoms with Crippen LogP contribution in [0.1, 0.15) is 12.8 Å². The van der Waals surface area contributed by atoms with Crippen LogP contribution in [-0.2, 0) is 14.3 Å². The van der Waals surface area contributed by atoms with Crippen LogP contribution in [0.4, 0.5) is 0 Å². The molecule has 0 aromatic heterocycles. The van der Waals surface area contributed by atoms with Crippen molar-refractivity contribution in [1.82, 2.24) is 4.90 Å². The summed E-state index contributed by atoms with van der Waals surface area (Å²) in [6, 6.07) is 0. The highest BCUT2D eigenvalue weighted by Crippen LogP contribution is 2.03. The quantitative estimate of drug-likeness (QED) is 0.366. The maximum atomic E-state index is 10.0. The molecule has 1 fully saturated rings. The molecule has 100 valence electrons. The highest BCUT2D eigenvalue weighted by atomic mass is 16.6. The van der Waals surface area contributed by atoms with Gasteiger partial charge in [-0.3, -0.25) is 14.5 Å². The van der Waals surface area contributed by atoms with Crippen LogP contribution in [0, 0.1) is 0 Å². The van der Waals surface area contributed by atoms with E-state index >= 15 is 0 Å². The number of carbonyl (C=O) groups excluding carboxylic acids is 2. The van der Waals surface area contributed by atoms with Crippen LogP contribution in [-0.4, -0.2) is 56.1 Å². The van der Waals surface area contributed by atoms with Gasteiger partial charge in [0, 0.05) is 39.3 Å². The maximum Gasteiger partial charge on any atom is 0.314 e.